The molecule has 108 valence electrons. The number of nitrogens with one attached hydrogen (secondary N) is 1. The Balaban J connectivity index is 1.98. The predicted octanol–water partition coefficient (Wildman–Crippen LogP) is 2.11. The molecule has 5 nitrogen and oxygen atoms in total. The predicted molar refractivity (Wildman–Crippen MR) is 78.1 cm³/mol. The normalized spacial score (nSPS) is 18.5. The molecular formula is C15H21N3O2. The van der Waals surface area contributed by atoms with E-state index in [9.17, 15) is 0 Å². The average molecular weight is 275 g/mol. The zero-order chi connectivity index (χ0) is 14.1. The van der Waals surface area contributed by atoms with Crippen LogP contribution >= 0.6 is 0 Å². The lowest BCUT2D eigenvalue weighted by molar-refractivity contribution is 0.0559. The van der Waals surface area contributed by atoms with Crippen molar-refractivity contribution in [3.05, 3.63) is 24.0 Å². The van der Waals surface area contributed by atoms with E-state index < -0.39 is 0 Å². The molecule has 0 aliphatic carbocycles. The number of benzene rings is 1. The lowest BCUT2D eigenvalue weighted by Crippen LogP contribution is -2.35. The van der Waals surface area contributed by atoms with Crippen LogP contribution in [0.2, 0.25) is 0 Å². The first-order valence-corrected chi connectivity index (χ1v) is 7.05. The summed E-state index contributed by atoms with van der Waals surface area (Å²) >= 11 is 0. The highest BCUT2D eigenvalue weighted by Gasteiger charge is 2.24. The first-order valence-electron chi connectivity index (χ1n) is 7.05. The van der Waals surface area contributed by atoms with E-state index in [0.29, 0.717) is 18.7 Å². The molecule has 0 saturated carbocycles. The van der Waals surface area contributed by atoms with Crippen molar-refractivity contribution in [3.8, 4) is 5.75 Å². The molecule has 0 amide bonds. The molecular weight excluding hydrogens is 254 g/mol. The van der Waals surface area contributed by atoms with Crippen molar-refractivity contribution in [2.75, 3.05) is 20.3 Å². The maximum atomic E-state index is 5.67. The van der Waals surface area contributed by atoms with E-state index in [0.717, 1.165) is 35.8 Å². The van der Waals surface area contributed by atoms with Gasteiger partial charge in [-0.25, -0.2) is 4.98 Å². The minimum atomic E-state index is 0.291. The smallest absolute Gasteiger partial charge is 0.136 e. The molecule has 0 saturated heterocycles. The van der Waals surface area contributed by atoms with Crippen LogP contribution in [0.25, 0.3) is 11.0 Å². The molecule has 2 aromatic rings. The molecule has 0 bridgehead atoms. The van der Waals surface area contributed by atoms with Gasteiger partial charge < -0.3 is 19.4 Å². The fourth-order valence-corrected chi connectivity index (χ4v) is 2.65. The third-order valence-corrected chi connectivity index (χ3v) is 3.64. The molecule has 0 radical (unpaired) electrons. The van der Waals surface area contributed by atoms with E-state index in [1.807, 2.05) is 12.1 Å². The lowest BCUT2D eigenvalue weighted by Gasteiger charge is -2.27. The minimum absolute atomic E-state index is 0.291. The van der Waals surface area contributed by atoms with Crippen LogP contribution in [0, 0.1) is 0 Å². The van der Waals surface area contributed by atoms with Gasteiger partial charge in [0.15, 0.2) is 0 Å². The Morgan fingerprint density at radius 3 is 3.10 bits per heavy atom. The van der Waals surface area contributed by atoms with Gasteiger partial charge in [-0.3, -0.25) is 0 Å². The molecule has 2 heterocycles. The molecule has 1 N–H and O–H groups in total. The van der Waals surface area contributed by atoms with Gasteiger partial charge in [0.2, 0.25) is 0 Å². The highest BCUT2D eigenvalue weighted by molar-refractivity contribution is 5.78. The second kappa shape index (κ2) is 5.42. The number of hydrogen-bond donors (Lipinski definition) is 1. The number of rotatable bonds is 4. The topological polar surface area (TPSA) is 48.3 Å². The van der Waals surface area contributed by atoms with Crippen LogP contribution in [-0.2, 0) is 11.3 Å². The van der Waals surface area contributed by atoms with Crippen LogP contribution < -0.4 is 10.1 Å². The summed E-state index contributed by atoms with van der Waals surface area (Å²) in [6, 6.07) is 6.81. The molecule has 0 unspecified atom stereocenters. The first kappa shape index (κ1) is 13.4. The van der Waals surface area contributed by atoms with Crippen LogP contribution in [0.5, 0.6) is 5.75 Å². The molecule has 1 aromatic carbocycles. The van der Waals surface area contributed by atoms with Crippen molar-refractivity contribution >= 4 is 11.0 Å². The van der Waals surface area contributed by atoms with Gasteiger partial charge in [-0.2, -0.15) is 0 Å². The van der Waals surface area contributed by atoms with E-state index in [1.54, 1.807) is 7.11 Å². The van der Waals surface area contributed by atoms with E-state index in [2.05, 4.69) is 34.8 Å². The number of nitrogens with zero attached hydrogens (tertiary/aromatic N) is 2. The molecule has 20 heavy (non-hydrogen) atoms. The number of aromatic nitrogens is 2. The molecule has 3 rings (SSSR count). The van der Waals surface area contributed by atoms with Crippen LogP contribution in [-0.4, -0.2) is 35.9 Å². The largest absolute Gasteiger partial charge is 0.497 e. The summed E-state index contributed by atoms with van der Waals surface area (Å²) in [6.07, 6.45) is 0. The number of imidazole rings is 1. The van der Waals surface area contributed by atoms with Gasteiger partial charge in [0.05, 0.1) is 30.8 Å². The zero-order valence-electron chi connectivity index (χ0n) is 12.2. The highest BCUT2D eigenvalue weighted by Crippen LogP contribution is 2.28. The molecule has 0 fully saturated rings. The minimum Gasteiger partial charge on any atom is -0.497 e. The number of hydrogen-bond acceptors (Lipinski definition) is 4. The second-order valence-corrected chi connectivity index (χ2v) is 5.48. The Kier molecular flexibility index (Phi) is 3.63. The maximum Gasteiger partial charge on any atom is 0.136 e. The first-order chi connectivity index (χ1) is 9.69. The van der Waals surface area contributed by atoms with Crippen molar-refractivity contribution in [3.63, 3.8) is 0 Å². The third-order valence-electron chi connectivity index (χ3n) is 3.64. The second-order valence-electron chi connectivity index (χ2n) is 5.48. The fourth-order valence-electron chi connectivity index (χ4n) is 2.65. The SMILES string of the molecule is COc1ccc2c(c1)nc1n2[C@@H](CNC(C)C)COC1. The Morgan fingerprint density at radius 2 is 2.35 bits per heavy atom. The summed E-state index contributed by atoms with van der Waals surface area (Å²) in [6.45, 7) is 6.50. The maximum absolute atomic E-state index is 5.67. The van der Waals surface area contributed by atoms with Crippen LogP contribution in [0.3, 0.4) is 0 Å². The van der Waals surface area contributed by atoms with Crippen LogP contribution in [0.4, 0.5) is 0 Å². The molecule has 5 heteroatoms. The van der Waals surface area contributed by atoms with Gasteiger partial charge in [-0.05, 0) is 12.1 Å². The molecule has 1 aliphatic heterocycles. The van der Waals surface area contributed by atoms with Gasteiger partial charge in [-0.1, -0.05) is 13.8 Å². The molecule has 1 aliphatic rings. The zero-order valence-corrected chi connectivity index (χ0v) is 12.2. The monoisotopic (exact) mass is 275 g/mol. The van der Waals surface area contributed by atoms with E-state index in [1.165, 1.54) is 0 Å². The summed E-state index contributed by atoms with van der Waals surface area (Å²) < 4.78 is 13.2. The fraction of sp³-hybridized carbons (Fsp3) is 0.533. The summed E-state index contributed by atoms with van der Waals surface area (Å²) in [5, 5.41) is 3.48. The van der Waals surface area contributed by atoms with Crippen molar-refractivity contribution in [2.45, 2.75) is 32.5 Å². The quantitative estimate of drug-likeness (QED) is 0.928. The molecule has 1 aromatic heterocycles. The van der Waals surface area contributed by atoms with E-state index in [-0.39, 0.29) is 0 Å². The molecule has 0 spiro atoms. The van der Waals surface area contributed by atoms with Gasteiger partial charge in [0.25, 0.3) is 0 Å². The van der Waals surface area contributed by atoms with Gasteiger partial charge >= 0.3 is 0 Å². The van der Waals surface area contributed by atoms with Gasteiger partial charge in [0, 0.05) is 18.7 Å². The molecule has 1 atom stereocenters. The summed E-state index contributed by atoms with van der Waals surface area (Å²) in [4.78, 5) is 4.67. The number of fused-ring (bicyclic) bond motifs is 3. The Labute approximate surface area is 118 Å². The number of ether oxygens (including phenoxy) is 2. The van der Waals surface area contributed by atoms with Crippen molar-refractivity contribution < 1.29 is 9.47 Å². The summed E-state index contributed by atoms with van der Waals surface area (Å²) in [5.74, 6) is 1.83. The average Bonchev–Trinajstić information content (AvgIpc) is 2.82. The summed E-state index contributed by atoms with van der Waals surface area (Å²) in [7, 11) is 1.68. The van der Waals surface area contributed by atoms with E-state index >= 15 is 0 Å². The summed E-state index contributed by atoms with van der Waals surface area (Å²) in [5.41, 5.74) is 2.12. The van der Waals surface area contributed by atoms with Gasteiger partial charge in [-0.15, -0.1) is 0 Å². The third kappa shape index (κ3) is 2.39. The van der Waals surface area contributed by atoms with Gasteiger partial charge in [0.1, 0.15) is 18.2 Å². The Hall–Kier alpha value is -1.59. The van der Waals surface area contributed by atoms with Crippen molar-refractivity contribution in [2.24, 2.45) is 0 Å². The van der Waals surface area contributed by atoms with Crippen LogP contribution in [0.15, 0.2) is 18.2 Å². The number of methoxy groups -OCH3 is 1. The Morgan fingerprint density at radius 1 is 1.50 bits per heavy atom. The van der Waals surface area contributed by atoms with Crippen LogP contribution in [0.1, 0.15) is 25.7 Å². The Bertz CT molecular complexity index is 606. The lowest BCUT2D eigenvalue weighted by atomic mass is 10.2. The van der Waals surface area contributed by atoms with Crippen molar-refractivity contribution in [1.82, 2.24) is 14.9 Å². The standard InChI is InChI=1S/C15H21N3O2/c1-10(2)16-7-11-8-20-9-15-17-13-6-12(19-3)4-5-14(13)18(11)15/h4-6,10-11,16H,7-9H2,1-3H3/t11-/m0/s1. The van der Waals surface area contributed by atoms with Crippen molar-refractivity contribution in [1.29, 1.82) is 0 Å². The van der Waals surface area contributed by atoms with E-state index in [4.69, 9.17) is 9.47 Å². The highest BCUT2D eigenvalue weighted by atomic mass is 16.5.